The minimum absolute atomic E-state index is 0.0669. The highest BCUT2D eigenvalue weighted by Gasteiger charge is 2.36. The second-order valence-corrected chi connectivity index (χ2v) is 6.23. The minimum atomic E-state index is 0.0669. The average Bonchev–Trinajstić information content (AvgIpc) is 2.71. The predicted octanol–water partition coefficient (Wildman–Crippen LogP) is 1.95. The number of piperidine rings is 2. The van der Waals surface area contributed by atoms with Crippen molar-refractivity contribution in [3.8, 4) is 0 Å². The van der Waals surface area contributed by atoms with Crippen molar-refractivity contribution in [2.75, 3.05) is 13.1 Å². The number of furan rings is 1. The van der Waals surface area contributed by atoms with Crippen molar-refractivity contribution in [3.05, 3.63) is 22.6 Å². The fraction of sp³-hybridized carbons (Fsp3) is 0.625. The van der Waals surface area contributed by atoms with E-state index in [1.165, 1.54) is 0 Å². The van der Waals surface area contributed by atoms with Crippen molar-refractivity contribution in [3.63, 3.8) is 0 Å². The topological polar surface area (TPSA) is 62.6 Å². The van der Waals surface area contributed by atoms with E-state index >= 15 is 0 Å². The molecule has 2 amide bonds. The molecule has 0 aliphatic carbocycles. The summed E-state index contributed by atoms with van der Waals surface area (Å²) in [6.07, 6.45) is 2.30. The van der Waals surface area contributed by atoms with Crippen molar-refractivity contribution in [1.82, 2.24) is 10.2 Å². The molecule has 1 aromatic rings. The van der Waals surface area contributed by atoms with Gasteiger partial charge in [0.2, 0.25) is 5.91 Å². The van der Waals surface area contributed by atoms with Crippen molar-refractivity contribution in [2.24, 2.45) is 5.92 Å². The average molecular weight is 290 g/mol. The Hall–Kier alpha value is -1.78. The van der Waals surface area contributed by atoms with Gasteiger partial charge in [-0.1, -0.05) is 0 Å². The molecule has 2 aliphatic rings. The molecule has 0 spiro atoms. The maximum absolute atomic E-state index is 12.8. The van der Waals surface area contributed by atoms with Crippen LogP contribution in [0.4, 0.5) is 0 Å². The number of nitrogens with zero attached hydrogens (tertiary/aromatic N) is 1. The molecule has 2 fully saturated rings. The number of carbonyl (C=O) groups excluding carboxylic acids is 2. The zero-order chi connectivity index (χ0) is 15.1. The number of carbonyl (C=O) groups is 2. The molecule has 2 saturated heterocycles. The highest BCUT2D eigenvalue weighted by Crippen LogP contribution is 2.28. The lowest BCUT2D eigenvalue weighted by Gasteiger charge is -2.41. The van der Waals surface area contributed by atoms with Gasteiger partial charge in [-0.2, -0.15) is 0 Å². The van der Waals surface area contributed by atoms with Crippen LogP contribution in [0.3, 0.4) is 0 Å². The number of aryl methyl sites for hydroxylation is 2. The number of amides is 2. The fourth-order valence-electron chi connectivity index (χ4n) is 3.56. The Morgan fingerprint density at radius 2 is 2.00 bits per heavy atom. The van der Waals surface area contributed by atoms with E-state index in [9.17, 15) is 9.59 Å². The monoisotopic (exact) mass is 290 g/mol. The van der Waals surface area contributed by atoms with Crippen molar-refractivity contribution in [2.45, 2.75) is 46.1 Å². The van der Waals surface area contributed by atoms with Crippen LogP contribution >= 0.6 is 0 Å². The maximum atomic E-state index is 12.8. The van der Waals surface area contributed by atoms with Crippen LogP contribution in [-0.4, -0.2) is 35.8 Å². The molecule has 1 aromatic heterocycles. The van der Waals surface area contributed by atoms with E-state index in [-0.39, 0.29) is 17.9 Å². The third-order valence-electron chi connectivity index (χ3n) is 4.88. The molecule has 2 aliphatic heterocycles. The van der Waals surface area contributed by atoms with Crippen LogP contribution in [0.1, 0.15) is 46.7 Å². The van der Waals surface area contributed by atoms with Crippen LogP contribution in [0.2, 0.25) is 0 Å². The van der Waals surface area contributed by atoms with Gasteiger partial charge in [0, 0.05) is 31.1 Å². The molecule has 1 N–H and O–H groups in total. The summed E-state index contributed by atoms with van der Waals surface area (Å²) >= 11 is 0. The number of hydrogen-bond donors (Lipinski definition) is 1. The third kappa shape index (κ3) is 2.45. The van der Waals surface area contributed by atoms with Gasteiger partial charge in [0.05, 0.1) is 5.56 Å². The Balaban J connectivity index is 1.76. The maximum Gasteiger partial charge on any atom is 0.257 e. The lowest BCUT2D eigenvalue weighted by atomic mass is 9.85. The molecule has 3 rings (SSSR count). The molecule has 2 atom stereocenters. The van der Waals surface area contributed by atoms with Gasteiger partial charge in [0.25, 0.3) is 5.91 Å². The van der Waals surface area contributed by atoms with Crippen LogP contribution in [-0.2, 0) is 4.79 Å². The fourth-order valence-corrected chi connectivity index (χ4v) is 3.56. The smallest absolute Gasteiger partial charge is 0.257 e. The Morgan fingerprint density at radius 1 is 1.24 bits per heavy atom. The first-order chi connectivity index (χ1) is 9.97. The van der Waals surface area contributed by atoms with Crippen LogP contribution in [0.15, 0.2) is 4.42 Å². The van der Waals surface area contributed by atoms with Gasteiger partial charge in [-0.15, -0.1) is 0 Å². The van der Waals surface area contributed by atoms with Crippen molar-refractivity contribution >= 4 is 11.8 Å². The summed E-state index contributed by atoms with van der Waals surface area (Å²) in [5.74, 6) is 2.11. The summed E-state index contributed by atoms with van der Waals surface area (Å²) in [5.41, 5.74) is 1.65. The highest BCUT2D eigenvalue weighted by molar-refractivity contribution is 5.97. The van der Waals surface area contributed by atoms with E-state index in [2.05, 4.69) is 5.32 Å². The normalized spacial score (nSPS) is 25.5. The molecular weight excluding hydrogens is 268 g/mol. The van der Waals surface area contributed by atoms with Crippen LogP contribution < -0.4 is 5.32 Å². The third-order valence-corrected chi connectivity index (χ3v) is 4.88. The van der Waals surface area contributed by atoms with Gasteiger partial charge in [0.15, 0.2) is 0 Å². The molecule has 5 heteroatoms. The number of nitrogens with one attached hydrogen (secondary N) is 1. The molecule has 114 valence electrons. The quantitative estimate of drug-likeness (QED) is 0.860. The van der Waals surface area contributed by atoms with E-state index < -0.39 is 0 Å². The Bertz CT molecular complexity index is 591. The Labute approximate surface area is 124 Å². The first-order valence-corrected chi connectivity index (χ1v) is 7.62. The first-order valence-electron chi connectivity index (χ1n) is 7.62. The molecule has 0 bridgehead atoms. The van der Waals surface area contributed by atoms with E-state index in [1.807, 2.05) is 25.7 Å². The predicted molar refractivity (Wildman–Crippen MR) is 78.1 cm³/mol. The largest absolute Gasteiger partial charge is 0.466 e. The molecule has 3 heterocycles. The second-order valence-electron chi connectivity index (χ2n) is 6.23. The molecule has 2 unspecified atom stereocenters. The molecular formula is C16H22N2O3. The Kier molecular flexibility index (Phi) is 3.51. The standard InChI is InChI=1S/C16H22N2O3/c1-9-10(2)21-11(3)15(9)16(20)18-7-6-13-12(8-18)4-5-14(19)17-13/h12-13H,4-8H2,1-3H3,(H,17,19). The summed E-state index contributed by atoms with van der Waals surface area (Å²) < 4.78 is 5.57. The lowest BCUT2D eigenvalue weighted by Crippen LogP contribution is -2.55. The zero-order valence-electron chi connectivity index (χ0n) is 12.9. The molecule has 0 aromatic carbocycles. The van der Waals surface area contributed by atoms with Crippen LogP contribution in [0.25, 0.3) is 0 Å². The van der Waals surface area contributed by atoms with E-state index in [0.29, 0.717) is 30.2 Å². The van der Waals surface area contributed by atoms with Crippen molar-refractivity contribution < 1.29 is 14.0 Å². The highest BCUT2D eigenvalue weighted by atomic mass is 16.3. The second kappa shape index (κ2) is 5.20. The number of likely N-dealkylation sites (tertiary alicyclic amines) is 1. The number of hydrogen-bond acceptors (Lipinski definition) is 3. The first kappa shape index (κ1) is 14.2. The molecule has 0 saturated carbocycles. The van der Waals surface area contributed by atoms with E-state index in [0.717, 1.165) is 30.7 Å². The van der Waals surface area contributed by atoms with Gasteiger partial charge >= 0.3 is 0 Å². The van der Waals surface area contributed by atoms with Gasteiger partial charge in [0.1, 0.15) is 11.5 Å². The van der Waals surface area contributed by atoms with Gasteiger partial charge in [-0.3, -0.25) is 9.59 Å². The Morgan fingerprint density at radius 3 is 2.67 bits per heavy atom. The lowest BCUT2D eigenvalue weighted by molar-refractivity contribution is -0.125. The summed E-state index contributed by atoms with van der Waals surface area (Å²) in [7, 11) is 0. The molecule has 0 radical (unpaired) electrons. The van der Waals surface area contributed by atoms with E-state index in [1.54, 1.807) is 0 Å². The minimum Gasteiger partial charge on any atom is -0.466 e. The van der Waals surface area contributed by atoms with Gasteiger partial charge in [-0.05, 0) is 39.5 Å². The molecule has 21 heavy (non-hydrogen) atoms. The van der Waals surface area contributed by atoms with Crippen molar-refractivity contribution in [1.29, 1.82) is 0 Å². The summed E-state index contributed by atoms with van der Waals surface area (Å²) in [4.78, 5) is 26.1. The van der Waals surface area contributed by atoms with Gasteiger partial charge in [-0.25, -0.2) is 0 Å². The van der Waals surface area contributed by atoms with E-state index in [4.69, 9.17) is 4.42 Å². The van der Waals surface area contributed by atoms with Crippen LogP contribution in [0.5, 0.6) is 0 Å². The summed E-state index contributed by atoms with van der Waals surface area (Å²) in [6, 6.07) is 0.239. The number of rotatable bonds is 1. The van der Waals surface area contributed by atoms with Gasteiger partial charge < -0.3 is 14.6 Å². The van der Waals surface area contributed by atoms with Crippen LogP contribution in [0, 0.1) is 26.7 Å². The number of fused-ring (bicyclic) bond motifs is 1. The zero-order valence-corrected chi connectivity index (χ0v) is 12.9. The SMILES string of the molecule is Cc1oc(C)c(C(=O)N2CCC3NC(=O)CCC3C2)c1C. The summed E-state index contributed by atoms with van der Waals surface area (Å²) in [5, 5.41) is 3.05. The summed E-state index contributed by atoms with van der Waals surface area (Å²) in [6.45, 7) is 7.10. The molecule has 5 nitrogen and oxygen atoms in total.